The van der Waals surface area contributed by atoms with Crippen LogP contribution in [0, 0.1) is 0 Å². The van der Waals surface area contributed by atoms with Crippen LogP contribution in [0.5, 0.6) is 0 Å². The van der Waals surface area contributed by atoms with E-state index in [9.17, 15) is 9.59 Å². The Balaban J connectivity index is 2.49. The molecule has 5 nitrogen and oxygen atoms in total. The summed E-state index contributed by atoms with van der Waals surface area (Å²) in [6, 6.07) is 0.0962. The fraction of sp³-hybridized carbons (Fsp3) is 0.846. The van der Waals surface area contributed by atoms with Gasteiger partial charge in [0, 0.05) is 19.0 Å². The van der Waals surface area contributed by atoms with E-state index in [0.717, 1.165) is 12.8 Å². The van der Waals surface area contributed by atoms with Crippen LogP contribution in [0.15, 0.2) is 0 Å². The minimum absolute atomic E-state index is 0.0962. The number of hydrogen-bond acceptors (Lipinski definition) is 4. The summed E-state index contributed by atoms with van der Waals surface area (Å²) in [5.41, 5.74) is -0.480. The number of ether oxygens (including phenoxy) is 2. The standard InChI is InChI=1S/C13H23NO4/c1-13(2,3)18-12(16)14-9-5-6-10(14)7-8-11(15)17-4/h10H,5-9H2,1-4H3. The Morgan fingerprint density at radius 3 is 2.56 bits per heavy atom. The highest BCUT2D eigenvalue weighted by Gasteiger charge is 2.32. The third-order valence-electron chi connectivity index (χ3n) is 2.91. The van der Waals surface area contributed by atoms with Gasteiger partial charge in [-0.3, -0.25) is 4.79 Å². The largest absolute Gasteiger partial charge is 0.469 e. The SMILES string of the molecule is COC(=O)CCC1CCCN1C(=O)OC(C)(C)C. The molecule has 1 saturated heterocycles. The van der Waals surface area contributed by atoms with Gasteiger partial charge in [-0.25, -0.2) is 4.79 Å². The average molecular weight is 257 g/mol. The Kier molecular flexibility index (Phi) is 4.99. The molecule has 1 fully saturated rings. The lowest BCUT2D eigenvalue weighted by Gasteiger charge is -2.28. The lowest BCUT2D eigenvalue weighted by molar-refractivity contribution is -0.141. The molecule has 1 aliphatic rings. The summed E-state index contributed by atoms with van der Waals surface area (Å²) < 4.78 is 9.97. The minimum atomic E-state index is -0.480. The Bertz CT molecular complexity index is 309. The van der Waals surface area contributed by atoms with Crippen LogP contribution in [0.25, 0.3) is 0 Å². The van der Waals surface area contributed by atoms with Crippen molar-refractivity contribution in [1.82, 2.24) is 4.90 Å². The van der Waals surface area contributed by atoms with E-state index in [4.69, 9.17) is 4.74 Å². The van der Waals surface area contributed by atoms with E-state index in [0.29, 0.717) is 19.4 Å². The number of likely N-dealkylation sites (tertiary alicyclic amines) is 1. The molecule has 18 heavy (non-hydrogen) atoms. The number of amides is 1. The zero-order chi connectivity index (χ0) is 13.8. The Labute approximate surface area is 108 Å². The van der Waals surface area contributed by atoms with Crippen LogP contribution in [0.2, 0.25) is 0 Å². The molecule has 0 aromatic rings. The molecule has 1 aliphatic heterocycles. The average Bonchev–Trinajstić information content (AvgIpc) is 2.71. The van der Waals surface area contributed by atoms with E-state index < -0.39 is 5.60 Å². The van der Waals surface area contributed by atoms with Gasteiger partial charge in [-0.1, -0.05) is 0 Å². The van der Waals surface area contributed by atoms with Gasteiger partial charge in [0.15, 0.2) is 0 Å². The topological polar surface area (TPSA) is 55.8 Å². The molecular weight excluding hydrogens is 234 g/mol. The molecule has 0 spiro atoms. The van der Waals surface area contributed by atoms with Crippen molar-refractivity contribution in [3.05, 3.63) is 0 Å². The van der Waals surface area contributed by atoms with Crippen LogP contribution in [0.1, 0.15) is 46.5 Å². The quantitative estimate of drug-likeness (QED) is 0.728. The first kappa shape index (κ1) is 14.8. The van der Waals surface area contributed by atoms with Gasteiger partial charge in [0.2, 0.25) is 0 Å². The molecule has 0 N–H and O–H groups in total. The van der Waals surface area contributed by atoms with Crippen molar-refractivity contribution in [1.29, 1.82) is 0 Å². The molecular formula is C13H23NO4. The monoisotopic (exact) mass is 257 g/mol. The number of rotatable bonds is 3. The molecule has 104 valence electrons. The third kappa shape index (κ3) is 4.55. The van der Waals surface area contributed by atoms with Crippen LogP contribution < -0.4 is 0 Å². The van der Waals surface area contributed by atoms with Gasteiger partial charge in [0.05, 0.1) is 7.11 Å². The van der Waals surface area contributed by atoms with Crippen LogP contribution in [-0.2, 0) is 14.3 Å². The number of carbonyl (C=O) groups excluding carboxylic acids is 2. The maximum Gasteiger partial charge on any atom is 0.410 e. The number of nitrogens with zero attached hydrogens (tertiary/aromatic N) is 1. The summed E-state index contributed by atoms with van der Waals surface area (Å²) >= 11 is 0. The molecule has 1 amide bonds. The lowest BCUT2D eigenvalue weighted by atomic mass is 10.1. The first-order valence-corrected chi connectivity index (χ1v) is 6.40. The zero-order valence-electron chi connectivity index (χ0n) is 11.7. The highest BCUT2D eigenvalue weighted by Crippen LogP contribution is 2.24. The second-order valence-corrected chi connectivity index (χ2v) is 5.58. The molecule has 5 heteroatoms. The van der Waals surface area contributed by atoms with Gasteiger partial charge >= 0.3 is 12.1 Å². The van der Waals surface area contributed by atoms with Crippen LogP contribution in [-0.4, -0.2) is 42.3 Å². The molecule has 0 aromatic heterocycles. The van der Waals surface area contributed by atoms with Gasteiger partial charge in [0.25, 0.3) is 0 Å². The minimum Gasteiger partial charge on any atom is -0.469 e. The van der Waals surface area contributed by atoms with E-state index in [1.54, 1.807) is 4.90 Å². The maximum absolute atomic E-state index is 12.0. The molecule has 0 saturated carbocycles. The Hall–Kier alpha value is -1.26. The van der Waals surface area contributed by atoms with Crippen LogP contribution in [0.3, 0.4) is 0 Å². The second-order valence-electron chi connectivity index (χ2n) is 5.58. The van der Waals surface area contributed by atoms with E-state index in [1.807, 2.05) is 20.8 Å². The van der Waals surface area contributed by atoms with Crippen molar-refractivity contribution in [2.24, 2.45) is 0 Å². The molecule has 0 aromatic carbocycles. The molecule has 0 bridgehead atoms. The number of methoxy groups -OCH3 is 1. The normalized spacial score (nSPS) is 19.8. The van der Waals surface area contributed by atoms with Gasteiger partial charge in [0.1, 0.15) is 5.60 Å². The van der Waals surface area contributed by atoms with E-state index in [2.05, 4.69) is 4.74 Å². The predicted octanol–water partition coefficient (Wildman–Crippen LogP) is 2.34. The van der Waals surface area contributed by atoms with Crippen molar-refractivity contribution < 1.29 is 19.1 Å². The summed E-state index contributed by atoms with van der Waals surface area (Å²) in [6.07, 6.45) is 2.60. The zero-order valence-corrected chi connectivity index (χ0v) is 11.7. The molecule has 0 radical (unpaired) electrons. The first-order valence-electron chi connectivity index (χ1n) is 6.40. The third-order valence-corrected chi connectivity index (χ3v) is 2.91. The van der Waals surface area contributed by atoms with Crippen molar-refractivity contribution >= 4 is 12.1 Å². The highest BCUT2D eigenvalue weighted by molar-refractivity contribution is 5.70. The summed E-state index contributed by atoms with van der Waals surface area (Å²) in [5, 5.41) is 0. The molecule has 0 aliphatic carbocycles. The summed E-state index contributed by atoms with van der Waals surface area (Å²) in [7, 11) is 1.38. The van der Waals surface area contributed by atoms with Crippen LogP contribution in [0.4, 0.5) is 4.79 Å². The van der Waals surface area contributed by atoms with E-state index in [-0.39, 0.29) is 18.1 Å². The molecule has 1 atom stereocenters. The Morgan fingerprint density at radius 1 is 1.33 bits per heavy atom. The van der Waals surface area contributed by atoms with Crippen molar-refractivity contribution in [3.8, 4) is 0 Å². The van der Waals surface area contributed by atoms with E-state index >= 15 is 0 Å². The predicted molar refractivity (Wildman–Crippen MR) is 67.2 cm³/mol. The van der Waals surface area contributed by atoms with Crippen molar-refractivity contribution in [2.75, 3.05) is 13.7 Å². The summed E-state index contributed by atoms with van der Waals surface area (Å²) in [5.74, 6) is -0.231. The van der Waals surface area contributed by atoms with Gasteiger partial charge in [-0.05, 0) is 40.0 Å². The molecule has 1 rings (SSSR count). The Morgan fingerprint density at radius 2 is 2.00 bits per heavy atom. The number of carbonyl (C=O) groups is 2. The van der Waals surface area contributed by atoms with Crippen LogP contribution >= 0.6 is 0 Å². The fourth-order valence-electron chi connectivity index (χ4n) is 2.08. The summed E-state index contributed by atoms with van der Waals surface area (Å²) in [6.45, 7) is 6.26. The second kappa shape index (κ2) is 6.07. The fourth-order valence-corrected chi connectivity index (χ4v) is 2.08. The number of esters is 1. The maximum atomic E-state index is 12.0. The smallest absolute Gasteiger partial charge is 0.410 e. The van der Waals surface area contributed by atoms with Crippen molar-refractivity contribution in [2.45, 2.75) is 58.1 Å². The molecule has 1 heterocycles. The number of hydrogen-bond donors (Lipinski definition) is 0. The lowest BCUT2D eigenvalue weighted by Crippen LogP contribution is -2.40. The highest BCUT2D eigenvalue weighted by atomic mass is 16.6. The van der Waals surface area contributed by atoms with E-state index in [1.165, 1.54) is 7.11 Å². The van der Waals surface area contributed by atoms with Gasteiger partial charge < -0.3 is 14.4 Å². The first-order chi connectivity index (χ1) is 8.33. The van der Waals surface area contributed by atoms with Gasteiger partial charge in [-0.2, -0.15) is 0 Å². The van der Waals surface area contributed by atoms with Crippen molar-refractivity contribution in [3.63, 3.8) is 0 Å². The van der Waals surface area contributed by atoms with Gasteiger partial charge in [-0.15, -0.1) is 0 Å². The molecule has 1 unspecified atom stereocenters. The summed E-state index contributed by atoms with van der Waals surface area (Å²) in [4.78, 5) is 24.8.